The van der Waals surface area contributed by atoms with Gasteiger partial charge in [-0.15, -0.1) is 0 Å². The molecule has 0 radical (unpaired) electrons. The lowest BCUT2D eigenvalue weighted by Gasteiger charge is -2.10. The van der Waals surface area contributed by atoms with Gasteiger partial charge in [0, 0.05) is 0 Å². The standard InChI is InChI=1S/C16H8F4O4/c17-8-2-1-7(10(6-8)16(18,19)20)5-12-13(22)9-3-4-11(21)14(23)15(9)24-12/h1-6,21,23H. The van der Waals surface area contributed by atoms with E-state index in [0.29, 0.717) is 6.07 Å². The number of rotatable bonds is 1. The van der Waals surface area contributed by atoms with E-state index in [-0.39, 0.29) is 11.3 Å². The van der Waals surface area contributed by atoms with Crippen LogP contribution in [0, 0.1) is 5.82 Å². The third-order valence-corrected chi connectivity index (χ3v) is 3.40. The Morgan fingerprint density at radius 3 is 2.46 bits per heavy atom. The fourth-order valence-corrected chi connectivity index (χ4v) is 2.27. The van der Waals surface area contributed by atoms with E-state index in [2.05, 4.69) is 0 Å². The van der Waals surface area contributed by atoms with Gasteiger partial charge >= 0.3 is 6.18 Å². The molecule has 0 saturated carbocycles. The van der Waals surface area contributed by atoms with Gasteiger partial charge in [0.15, 0.2) is 17.3 Å². The van der Waals surface area contributed by atoms with E-state index in [4.69, 9.17) is 4.74 Å². The molecule has 2 aromatic carbocycles. The third kappa shape index (κ3) is 2.55. The molecule has 1 heterocycles. The first-order chi connectivity index (χ1) is 11.2. The Kier molecular flexibility index (Phi) is 3.47. The number of hydrogen-bond donors (Lipinski definition) is 2. The molecular formula is C16H8F4O4. The van der Waals surface area contributed by atoms with Crippen molar-refractivity contribution < 1.29 is 37.3 Å². The highest BCUT2D eigenvalue weighted by Gasteiger charge is 2.35. The maximum atomic E-state index is 13.1. The minimum Gasteiger partial charge on any atom is -0.504 e. The molecule has 0 aliphatic carbocycles. The number of phenols is 2. The van der Waals surface area contributed by atoms with Gasteiger partial charge in [0.05, 0.1) is 11.1 Å². The number of fused-ring (bicyclic) bond motifs is 1. The van der Waals surface area contributed by atoms with Crippen molar-refractivity contribution in [1.29, 1.82) is 0 Å². The van der Waals surface area contributed by atoms with Crippen LogP contribution in [-0.4, -0.2) is 16.0 Å². The van der Waals surface area contributed by atoms with Gasteiger partial charge in [-0.1, -0.05) is 6.07 Å². The lowest BCUT2D eigenvalue weighted by molar-refractivity contribution is -0.137. The van der Waals surface area contributed by atoms with Crippen molar-refractivity contribution in [2.45, 2.75) is 6.18 Å². The zero-order valence-electron chi connectivity index (χ0n) is 11.7. The van der Waals surface area contributed by atoms with Crippen molar-refractivity contribution in [2.75, 3.05) is 0 Å². The molecule has 0 saturated heterocycles. The molecule has 1 aliphatic rings. The van der Waals surface area contributed by atoms with Gasteiger partial charge in [-0.25, -0.2) is 4.39 Å². The lowest BCUT2D eigenvalue weighted by Crippen LogP contribution is -2.09. The summed E-state index contributed by atoms with van der Waals surface area (Å²) in [4.78, 5) is 12.2. The topological polar surface area (TPSA) is 66.8 Å². The van der Waals surface area contributed by atoms with Crippen molar-refractivity contribution in [3.05, 3.63) is 58.6 Å². The van der Waals surface area contributed by atoms with Crippen LogP contribution in [-0.2, 0) is 6.18 Å². The van der Waals surface area contributed by atoms with Gasteiger partial charge in [-0.2, -0.15) is 13.2 Å². The predicted molar refractivity (Wildman–Crippen MR) is 74.1 cm³/mol. The average molecular weight is 340 g/mol. The van der Waals surface area contributed by atoms with Crippen molar-refractivity contribution >= 4 is 11.9 Å². The van der Waals surface area contributed by atoms with Gasteiger partial charge in [0.1, 0.15) is 5.82 Å². The van der Waals surface area contributed by atoms with Crippen LogP contribution in [0.4, 0.5) is 17.6 Å². The first-order valence-corrected chi connectivity index (χ1v) is 6.54. The number of halogens is 4. The number of phenolic OH excluding ortho intramolecular Hbond substituents is 2. The predicted octanol–water partition coefficient (Wildman–Crippen LogP) is 3.87. The molecule has 8 heteroatoms. The van der Waals surface area contributed by atoms with Gasteiger partial charge in [-0.05, 0) is 35.9 Å². The summed E-state index contributed by atoms with van der Waals surface area (Å²) in [5.74, 6) is -3.91. The van der Waals surface area contributed by atoms with Crippen LogP contribution < -0.4 is 4.74 Å². The molecule has 0 unspecified atom stereocenters. The second-order valence-corrected chi connectivity index (χ2v) is 4.98. The van der Waals surface area contributed by atoms with E-state index in [1.807, 2.05) is 0 Å². The summed E-state index contributed by atoms with van der Waals surface area (Å²) in [6.07, 6.45) is -4.02. The fraction of sp³-hybridized carbons (Fsp3) is 0.0625. The molecule has 0 spiro atoms. The van der Waals surface area contributed by atoms with E-state index in [9.17, 15) is 32.6 Å². The van der Waals surface area contributed by atoms with Crippen molar-refractivity contribution in [3.63, 3.8) is 0 Å². The number of benzene rings is 2. The summed E-state index contributed by atoms with van der Waals surface area (Å²) >= 11 is 0. The Morgan fingerprint density at radius 1 is 1.08 bits per heavy atom. The van der Waals surface area contributed by atoms with E-state index in [1.165, 1.54) is 6.07 Å². The molecule has 0 bridgehead atoms. The number of hydrogen-bond acceptors (Lipinski definition) is 4. The molecular weight excluding hydrogens is 332 g/mol. The number of ether oxygens (including phenoxy) is 1. The Hall–Kier alpha value is -3.03. The molecule has 0 atom stereocenters. The molecule has 0 amide bonds. The normalized spacial score (nSPS) is 15.5. The smallest absolute Gasteiger partial charge is 0.417 e. The Morgan fingerprint density at radius 2 is 1.79 bits per heavy atom. The van der Waals surface area contributed by atoms with Gasteiger partial charge in [0.2, 0.25) is 11.5 Å². The summed E-state index contributed by atoms with van der Waals surface area (Å²) in [7, 11) is 0. The summed E-state index contributed by atoms with van der Waals surface area (Å²) in [6.45, 7) is 0. The Labute approximate surface area is 132 Å². The summed E-state index contributed by atoms with van der Waals surface area (Å²) in [5, 5.41) is 19.0. The van der Waals surface area contributed by atoms with Crippen LogP contribution in [0.1, 0.15) is 21.5 Å². The molecule has 4 nitrogen and oxygen atoms in total. The molecule has 1 aliphatic heterocycles. The number of allylic oxidation sites excluding steroid dienone is 1. The molecule has 0 aromatic heterocycles. The van der Waals surface area contributed by atoms with Gasteiger partial charge in [-0.3, -0.25) is 4.79 Å². The monoisotopic (exact) mass is 340 g/mol. The highest BCUT2D eigenvalue weighted by atomic mass is 19.4. The summed E-state index contributed by atoms with van der Waals surface area (Å²) < 4.78 is 57.1. The van der Waals surface area contributed by atoms with Crippen LogP contribution in [0.25, 0.3) is 6.08 Å². The molecule has 2 N–H and O–H groups in total. The molecule has 2 aromatic rings. The highest BCUT2D eigenvalue weighted by Crippen LogP contribution is 2.44. The van der Waals surface area contributed by atoms with Crippen LogP contribution in [0.15, 0.2) is 36.1 Å². The molecule has 24 heavy (non-hydrogen) atoms. The number of ketones is 1. The van der Waals surface area contributed by atoms with Crippen LogP contribution in [0.5, 0.6) is 17.2 Å². The molecule has 124 valence electrons. The lowest BCUT2D eigenvalue weighted by atomic mass is 10.0. The van der Waals surface area contributed by atoms with E-state index in [0.717, 1.165) is 24.3 Å². The van der Waals surface area contributed by atoms with Crippen LogP contribution in [0.3, 0.4) is 0 Å². The summed E-state index contributed by atoms with van der Waals surface area (Å²) in [6, 6.07) is 4.21. The fourth-order valence-electron chi connectivity index (χ4n) is 2.27. The minimum atomic E-state index is -4.83. The zero-order chi connectivity index (χ0) is 17.6. The van der Waals surface area contributed by atoms with E-state index in [1.54, 1.807) is 0 Å². The quantitative estimate of drug-likeness (QED) is 0.470. The maximum absolute atomic E-state index is 13.1. The van der Waals surface area contributed by atoms with Gasteiger partial charge < -0.3 is 14.9 Å². The van der Waals surface area contributed by atoms with Crippen molar-refractivity contribution in [1.82, 2.24) is 0 Å². The SMILES string of the molecule is O=C1C(=Cc2ccc(F)cc2C(F)(F)F)Oc2c1ccc(O)c2O. The first kappa shape index (κ1) is 15.9. The third-order valence-electron chi connectivity index (χ3n) is 3.40. The maximum Gasteiger partial charge on any atom is 0.417 e. The first-order valence-electron chi connectivity index (χ1n) is 6.54. The second-order valence-electron chi connectivity index (χ2n) is 4.98. The number of Topliss-reactive ketones (excluding diaryl/α,β-unsaturated/α-hetero) is 1. The van der Waals surface area contributed by atoms with Crippen LogP contribution >= 0.6 is 0 Å². The van der Waals surface area contributed by atoms with Crippen molar-refractivity contribution in [3.8, 4) is 17.2 Å². The minimum absolute atomic E-state index is 0.104. The van der Waals surface area contributed by atoms with Gasteiger partial charge in [0.25, 0.3) is 0 Å². The number of aromatic hydroxyl groups is 2. The Balaban J connectivity index is 2.09. The summed E-state index contributed by atoms with van der Waals surface area (Å²) in [5.41, 5.74) is -1.84. The average Bonchev–Trinajstić information content (AvgIpc) is 2.81. The molecule has 0 fully saturated rings. The number of alkyl halides is 3. The number of carbonyl (C=O) groups excluding carboxylic acids is 1. The highest BCUT2D eigenvalue weighted by molar-refractivity contribution is 6.15. The van der Waals surface area contributed by atoms with E-state index < -0.39 is 46.2 Å². The van der Waals surface area contributed by atoms with Crippen molar-refractivity contribution in [2.24, 2.45) is 0 Å². The largest absolute Gasteiger partial charge is 0.504 e. The van der Waals surface area contributed by atoms with Crippen LogP contribution in [0.2, 0.25) is 0 Å². The Bertz CT molecular complexity index is 884. The van der Waals surface area contributed by atoms with E-state index >= 15 is 0 Å². The number of carbonyl (C=O) groups is 1. The second kappa shape index (κ2) is 5.26. The molecule has 3 rings (SSSR count). The zero-order valence-corrected chi connectivity index (χ0v) is 11.7.